The first-order valence-electron chi connectivity index (χ1n) is 7.06. The number of ether oxygens (including phenoxy) is 1. The van der Waals surface area contributed by atoms with E-state index in [4.69, 9.17) is 0 Å². The van der Waals surface area contributed by atoms with Crippen molar-refractivity contribution in [2.75, 3.05) is 12.5 Å². The molecule has 26 heavy (non-hydrogen) atoms. The highest BCUT2D eigenvalue weighted by Gasteiger charge is 2.33. The third-order valence-corrected chi connectivity index (χ3v) is 3.28. The van der Waals surface area contributed by atoms with Crippen LogP contribution in [0.15, 0.2) is 47.6 Å². The number of methoxy groups -OCH3 is 1. The Kier molecular flexibility index (Phi) is 5.55. The summed E-state index contributed by atoms with van der Waals surface area (Å²) in [5, 5.41) is 14.8. The van der Waals surface area contributed by atoms with Crippen LogP contribution in [-0.2, 0) is 10.9 Å². The molecule has 0 amide bonds. The van der Waals surface area contributed by atoms with E-state index in [1.807, 2.05) is 0 Å². The second-order valence-corrected chi connectivity index (χ2v) is 4.94. The second-order valence-electron chi connectivity index (χ2n) is 4.94. The summed E-state index contributed by atoms with van der Waals surface area (Å²) < 4.78 is 42.6. The van der Waals surface area contributed by atoms with Crippen molar-refractivity contribution in [3.05, 3.63) is 69.3 Å². The number of alkyl halides is 3. The van der Waals surface area contributed by atoms with Gasteiger partial charge in [0.2, 0.25) is 0 Å². The molecule has 2 aromatic rings. The van der Waals surface area contributed by atoms with Gasteiger partial charge in [-0.15, -0.1) is 0 Å². The molecule has 10 heteroatoms. The van der Waals surface area contributed by atoms with E-state index in [1.165, 1.54) is 19.4 Å². The molecule has 0 atom stereocenters. The Hall–Kier alpha value is -3.43. The standard InChI is InChI=1S/C16H12F3N3O4/c1-26-15(23)12-5-3-2-4-10(12)9-20-21-13-7-6-11(16(17,18)19)8-14(13)22(24)25/h2-9,21H,1H3/b20-9-. The maximum absolute atomic E-state index is 12.7. The van der Waals surface area contributed by atoms with Gasteiger partial charge in [-0.1, -0.05) is 18.2 Å². The number of carbonyl (C=O) groups excluding carboxylic acids is 1. The molecule has 0 aromatic heterocycles. The van der Waals surface area contributed by atoms with Crippen molar-refractivity contribution < 1.29 is 27.6 Å². The van der Waals surface area contributed by atoms with Gasteiger partial charge in [0.15, 0.2) is 0 Å². The molecule has 0 aliphatic rings. The summed E-state index contributed by atoms with van der Waals surface area (Å²) in [5.74, 6) is -0.604. The molecule has 2 rings (SSSR count). The molecule has 0 unspecified atom stereocenters. The number of rotatable bonds is 5. The zero-order valence-electron chi connectivity index (χ0n) is 13.3. The molecule has 0 saturated carbocycles. The Morgan fingerprint density at radius 3 is 2.58 bits per heavy atom. The molecule has 0 radical (unpaired) electrons. The molecule has 0 heterocycles. The van der Waals surface area contributed by atoms with Crippen LogP contribution in [-0.4, -0.2) is 24.2 Å². The van der Waals surface area contributed by atoms with E-state index in [9.17, 15) is 28.1 Å². The summed E-state index contributed by atoms with van der Waals surface area (Å²) in [7, 11) is 1.21. The predicted molar refractivity (Wildman–Crippen MR) is 87.1 cm³/mol. The molecule has 1 N–H and O–H groups in total. The van der Waals surface area contributed by atoms with Gasteiger partial charge >= 0.3 is 12.1 Å². The fourth-order valence-corrected chi connectivity index (χ4v) is 2.03. The van der Waals surface area contributed by atoms with Crippen molar-refractivity contribution in [2.45, 2.75) is 6.18 Å². The van der Waals surface area contributed by atoms with Crippen LogP contribution in [0.1, 0.15) is 21.5 Å². The average molecular weight is 367 g/mol. The number of nitrogens with one attached hydrogen (secondary N) is 1. The van der Waals surface area contributed by atoms with Gasteiger partial charge in [-0.25, -0.2) is 4.79 Å². The van der Waals surface area contributed by atoms with Crippen LogP contribution in [0.4, 0.5) is 24.5 Å². The number of anilines is 1. The number of esters is 1. The number of nitrogens with zero attached hydrogens (tertiary/aromatic N) is 2. The number of hydrazone groups is 1. The fourth-order valence-electron chi connectivity index (χ4n) is 2.03. The van der Waals surface area contributed by atoms with Crippen molar-refractivity contribution in [1.82, 2.24) is 0 Å². The average Bonchev–Trinajstić information content (AvgIpc) is 2.60. The van der Waals surface area contributed by atoms with Gasteiger partial charge in [0, 0.05) is 11.6 Å². The lowest BCUT2D eigenvalue weighted by atomic mass is 10.1. The zero-order chi connectivity index (χ0) is 19.3. The van der Waals surface area contributed by atoms with Gasteiger partial charge < -0.3 is 4.74 Å². The molecule has 0 spiro atoms. The number of hydrogen-bond donors (Lipinski definition) is 1. The first-order valence-corrected chi connectivity index (χ1v) is 7.06. The topological polar surface area (TPSA) is 93.8 Å². The van der Waals surface area contributed by atoms with Gasteiger partial charge in [0.1, 0.15) is 5.69 Å². The minimum Gasteiger partial charge on any atom is -0.465 e. The van der Waals surface area contributed by atoms with Crippen molar-refractivity contribution in [3.63, 3.8) is 0 Å². The van der Waals surface area contributed by atoms with E-state index in [1.54, 1.807) is 18.2 Å². The molecular weight excluding hydrogens is 355 g/mol. The Morgan fingerprint density at radius 2 is 1.96 bits per heavy atom. The highest BCUT2D eigenvalue weighted by Crippen LogP contribution is 2.34. The van der Waals surface area contributed by atoms with Crippen LogP contribution in [0.25, 0.3) is 0 Å². The lowest BCUT2D eigenvalue weighted by Gasteiger charge is -2.08. The molecule has 2 aromatic carbocycles. The molecule has 136 valence electrons. The molecule has 0 bridgehead atoms. The lowest BCUT2D eigenvalue weighted by Crippen LogP contribution is -2.07. The number of halogens is 3. The van der Waals surface area contributed by atoms with E-state index >= 15 is 0 Å². The Balaban J connectivity index is 2.29. The SMILES string of the molecule is COC(=O)c1ccccc1/C=N\Nc1ccc(C(F)(F)F)cc1[N+](=O)[O-]. The predicted octanol–water partition coefficient (Wildman–Crippen LogP) is 3.85. The first kappa shape index (κ1) is 18.9. The molecule has 0 fully saturated rings. The van der Waals surface area contributed by atoms with Crippen molar-refractivity contribution >= 4 is 23.6 Å². The second kappa shape index (κ2) is 7.64. The minimum atomic E-state index is -4.70. The van der Waals surface area contributed by atoms with Gasteiger partial charge in [-0.2, -0.15) is 18.3 Å². The molecule has 0 saturated heterocycles. The smallest absolute Gasteiger partial charge is 0.416 e. The van der Waals surface area contributed by atoms with Gasteiger partial charge in [0.05, 0.1) is 29.4 Å². The van der Waals surface area contributed by atoms with E-state index in [-0.39, 0.29) is 11.3 Å². The van der Waals surface area contributed by atoms with Crippen LogP contribution in [0.5, 0.6) is 0 Å². The molecule has 7 nitrogen and oxygen atoms in total. The summed E-state index contributed by atoms with van der Waals surface area (Å²) in [6.07, 6.45) is -3.50. The maximum atomic E-state index is 12.7. The van der Waals surface area contributed by atoms with E-state index in [0.717, 1.165) is 6.07 Å². The molecule has 0 aliphatic heterocycles. The monoisotopic (exact) mass is 367 g/mol. The minimum absolute atomic E-state index is 0.211. The molecule has 0 aliphatic carbocycles. The normalized spacial score (nSPS) is 11.4. The summed E-state index contributed by atoms with van der Waals surface area (Å²) in [6.45, 7) is 0. The summed E-state index contributed by atoms with van der Waals surface area (Å²) in [4.78, 5) is 21.7. The van der Waals surface area contributed by atoms with Crippen LogP contribution in [0.3, 0.4) is 0 Å². The largest absolute Gasteiger partial charge is 0.465 e. The van der Waals surface area contributed by atoms with Gasteiger partial charge in [0.25, 0.3) is 5.69 Å². The van der Waals surface area contributed by atoms with Gasteiger partial charge in [-0.05, 0) is 18.2 Å². The van der Waals surface area contributed by atoms with Crippen LogP contribution in [0, 0.1) is 10.1 Å². The van der Waals surface area contributed by atoms with Crippen molar-refractivity contribution in [2.24, 2.45) is 5.10 Å². The number of nitro benzene ring substituents is 1. The van der Waals surface area contributed by atoms with Crippen LogP contribution in [0.2, 0.25) is 0 Å². The Bertz CT molecular complexity index is 866. The van der Waals surface area contributed by atoms with Crippen LogP contribution < -0.4 is 5.43 Å². The van der Waals surface area contributed by atoms with E-state index < -0.39 is 28.3 Å². The summed E-state index contributed by atoms with van der Waals surface area (Å²) in [5.41, 5.74) is 0.737. The van der Waals surface area contributed by atoms with Gasteiger partial charge in [-0.3, -0.25) is 15.5 Å². The van der Waals surface area contributed by atoms with Crippen molar-refractivity contribution in [1.29, 1.82) is 0 Å². The first-order chi connectivity index (χ1) is 12.2. The third-order valence-electron chi connectivity index (χ3n) is 3.28. The maximum Gasteiger partial charge on any atom is 0.416 e. The number of hydrogen-bond acceptors (Lipinski definition) is 6. The Morgan fingerprint density at radius 1 is 1.27 bits per heavy atom. The highest BCUT2D eigenvalue weighted by atomic mass is 19.4. The van der Waals surface area contributed by atoms with E-state index in [0.29, 0.717) is 17.7 Å². The summed E-state index contributed by atoms with van der Waals surface area (Å²) in [6, 6.07) is 8.32. The lowest BCUT2D eigenvalue weighted by molar-refractivity contribution is -0.384. The zero-order valence-corrected chi connectivity index (χ0v) is 13.3. The third kappa shape index (κ3) is 4.35. The quantitative estimate of drug-likeness (QED) is 0.375. The highest BCUT2D eigenvalue weighted by molar-refractivity contribution is 5.99. The fraction of sp³-hybridized carbons (Fsp3) is 0.125. The van der Waals surface area contributed by atoms with Crippen LogP contribution >= 0.6 is 0 Å². The number of benzene rings is 2. The molecular formula is C16H12F3N3O4. The number of carbonyl (C=O) groups is 1. The summed E-state index contributed by atoms with van der Waals surface area (Å²) >= 11 is 0. The van der Waals surface area contributed by atoms with E-state index in [2.05, 4.69) is 15.3 Å². The van der Waals surface area contributed by atoms with Crippen molar-refractivity contribution in [3.8, 4) is 0 Å². The number of nitro groups is 1. The Labute approximate surface area is 145 Å².